The maximum atomic E-state index is 5.27. The van der Waals surface area contributed by atoms with Crippen molar-refractivity contribution < 1.29 is 4.74 Å². The van der Waals surface area contributed by atoms with Crippen LogP contribution in [0.2, 0.25) is 0 Å². The van der Waals surface area contributed by atoms with Crippen LogP contribution in [-0.4, -0.2) is 31.1 Å². The fraction of sp³-hybridized carbons (Fsp3) is 0.583. The van der Waals surface area contributed by atoms with Gasteiger partial charge in [0.2, 0.25) is 0 Å². The molecule has 0 saturated heterocycles. The Hall–Kier alpha value is -0.930. The molecule has 3 nitrogen and oxygen atoms in total. The van der Waals surface area contributed by atoms with Crippen molar-refractivity contribution in [2.45, 2.75) is 26.5 Å². The van der Waals surface area contributed by atoms with E-state index < -0.39 is 0 Å². The molecule has 0 aliphatic rings. The van der Waals surface area contributed by atoms with Crippen molar-refractivity contribution in [1.82, 2.24) is 9.88 Å². The Kier molecular flexibility index (Phi) is 4.24. The van der Waals surface area contributed by atoms with Gasteiger partial charge in [0.15, 0.2) is 0 Å². The lowest BCUT2D eigenvalue weighted by molar-refractivity contribution is 0.115. The number of aromatic nitrogens is 1. The molecule has 0 unspecified atom stereocenters. The molecule has 1 atom stereocenters. The van der Waals surface area contributed by atoms with Gasteiger partial charge in [-0.05, 0) is 39.1 Å². The van der Waals surface area contributed by atoms with Crippen LogP contribution in [0.25, 0.3) is 0 Å². The van der Waals surface area contributed by atoms with Crippen LogP contribution in [0, 0.1) is 6.92 Å². The first-order chi connectivity index (χ1) is 7.04. The Labute approximate surface area is 92.1 Å². The fourth-order valence-electron chi connectivity index (χ4n) is 1.63. The molecule has 0 saturated carbocycles. The molecule has 0 fully saturated rings. The molecule has 1 aromatic rings. The second-order valence-corrected chi connectivity index (χ2v) is 4.16. The molecular weight excluding hydrogens is 188 g/mol. The molecule has 84 valence electrons. The number of methoxy groups -OCH3 is 1. The van der Waals surface area contributed by atoms with Crippen LogP contribution in [-0.2, 0) is 11.3 Å². The predicted molar refractivity (Wildman–Crippen MR) is 61.8 cm³/mol. The zero-order valence-electron chi connectivity index (χ0n) is 10.2. The second kappa shape index (κ2) is 5.24. The van der Waals surface area contributed by atoms with Gasteiger partial charge in [-0.25, -0.2) is 0 Å². The van der Waals surface area contributed by atoms with Gasteiger partial charge in [0.25, 0.3) is 0 Å². The number of aryl methyl sites for hydroxylation is 1. The first-order valence-electron chi connectivity index (χ1n) is 5.17. The van der Waals surface area contributed by atoms with Crippen LogP contribution >= 0.6 is 0 Å². The molecule has 0 spiro atoms. The standard InChI is InChI=1S/C12H20N2O/c1-9-6-11(8-14(3)4)7-13-12(9)10(2)15-5/h6-7,10H,8H2,1-5H3/t10-/m0/s1. The maximum absolute atomic E-state index is 5.27. The van der Waals surface area contributed by atoms with Gasteiger partial charge in [-0.3, -0.25) is 4.98 Å². The minimum Gasteiger partial charge on any atom is -0.375 e. The van der Waals surface area contributed by atoms with Gasteiger partial charge in [0.1, 0.15) is 0 Å². The van der Waals surface area contributed by atoms with E-state index in [-0.39, 0.29) is 6.10 Å². The summed E-state index contributed by atoms with van der Waals surface area (Å²) in [4.78, 5) is 6.59. The first-order valence-corrected chi connectivity index (χ1v) is 5.17. The predicted octanol–water partition coefficient (Wildman–Crippen LogP) is 2.16. The average molecular weight is 208 g/mol. The number of rotatable bonds is 4. The Bertz CT molecular complexity index is 323. The quantitative estimate of drug-likeness (QED) is 0.758. The molecule has 0 bridgehead atoms. The molecule has 0 amide bonds. The van der Waals surface area contributed by atoms with Crippen molar-refractivity contribution in [3.05, 3.63) is 29.1 Å². The van der Waals surface area contributed by atoms with Crippen LogP contribution in [0.5, 0.6) is 0 Å². The fourth-order valence-corrected chi connectivity index (χ4v) is 1.63. The number of pyridine rings is 1. The van der Waals surface area contributed by atoms with E-state index in [1.165, 1.54) is 11.1 Å². The smallest absolute Gasteiger partial charge is 0.0965 e. The molecule has 0 N–H and O–H groups in total. The van der Waals surface area contributed by atoms with Crippen molar-refractivity contribution >= 4 is 0 Å². The lowest BCUT2D eigenvalue weighted by Gasteiger charge is -2.14. The molecular formula is C12H20N2O. The Morgan fingerprint density at radius 3 is 2.60 bits per heavy atom. The highest BCUT2D eigenvalue weighted by molar-refractivity contribution is 5.25. The van der Waals surface area contributed by atoms with Gasteiger partial charge in [0, 0.05) is 19.9 Å². The molecule has 1 heterocycles. The van der Waals surface area contributed by atoms with Crippen molar-refractivity contribution in [3.63, 3.8) is 0 Å². The van der Waals surface area contributed by atoms with Gasteiger partial charge >= 0.3 is 0 Å². The molecule has 0 aromatic carbocycles. The summed E-state index contributed by atoms with van der Waals surface area (Å²) in [5.41, 5.74) is 3.47. The van der Waals surface area contributed by atoms with Crippen molar-refractivity contribution in [2.24, 2.45) is 0 Å². The Morgan fingerprint density at radius 1 is 1.47 bits per heavy atom. The van der Waals surface area contributed by atoms with Gasteiger partial charge in [-0.1, -0.05) is 6.07 Å². The van der Waals surface area contributed by atoms with E-state index in [0.29, 0.717) is 0 Å². The third kappa shape index (κ3) is 3.29. The zero-order valence-corrected chi connectivity index (χ0v) is 10.2. The van der Waals surface area contributed by atoms with Crippen LogP contribution in [0.15, 0.2) is 12.3 Å². The van der Waals surface area contributed by atoms with Crippen LogP contribution < -0.4 is 0 Å². The zero-order chi connectivity index (χ0) is 11.4. The van der Waals surface area contributed by atoms with E-state index in [9.17, 15) is 0 Å². The van der Waals surface area contributed by atoms with Gasteiger partial charge in [-0.2, -0.15) is 0 Å². The minimum atomic E-state index is 0.0680. The summed E-state index contributed by atoms with van der Waals surface area (Å²) >= 11 is 0. The molecule has 0 radical (unpaired) electrons. The summed E-state index contributed by atoms with van der Waals surface area (Å²) in [6.45, 7) is 5.02. The van der Waals surface area contributed by atoms with Crippen molar-refractivity contribution in [1.29, 1.82) is 0 Å². The minimum absolute atomic E-state index is 0.0680. The summed E-state index contributed by atoms with van der Waals surface area (Å²) in [6, 6.07) is 2.18. The number of hydrogen-bond donors (Lipinski definition) is 0. The SMILES string of the molecule is CO[C@@H](C)c1ncc(CN(C)C)cc1C. The molecule has 1 aromatic heterocycles. The maximum Gasteiger partial charge on any atom is 0.0965 e. The third-order valence-electron chi connectivity index (χ3n) is 2.41. The van der Waals surface area contributed by atoms with E-state index in [2.05, 4.69) is 37.0 Å². The van der Waals surface area contributed by atoms with Crippen LogP contribution in [0.4, 0.5) is 0 Å². The molecule has 3 heteroatoms. The summed E-state index contributed by atoms with van der Waals surface area (Å²) in [7, 11) is 5.82. The van der Waals surface area contributed by atoms with E-state index in [4.69, 9.17) is 4.74 Å². The number of hydrogen-bond acceptors (Lipinski definition) is 3. The molecule has 0 aliphatic carbocycles. The summed E-state index contributed by atoms with van der Waals surface area (Å²) < 4.78 is 5.27. The average Bonchev–Trinajstić information content (AvgIpc) is 2.16. The monoisotopic (exact) mass is 208 g/mol. The highest BCUT2D eigenvalue weighted by atomic mass is 16.5. The van der Waals surface area contributed by atoms with E-state index in [0.717, 1.165) is 12.2 Å². The third-order valence-corrected chi connectivity index (χ3v) is 2.41. The van der Waals surface area contributed by atoms with Crippen LogP contribution in [0.3, 0.4) is 0 Å². The second-order valence-electron chi connectivity index (χ2n) is 4.16. The first kappa shape index (κ1) is 12.1. The number of nitrogens with zero attached hydrogens (tertiary/aromatic N) is 2. The molecule has 0 aliphatic heterocycles. The van der Waals surface area contributed by atoms with E-state index >= 15 is 0 Å². The molecule has 15 heavy (non-hydrogen) atoms. The molecule has 1 rings (SSSR count). The lowest BCUT2D eigenvalue weighted by atomic mass is 10.1. The van der Waals surface area contributed by atoms with Crippen molar-refractivity contribution in [3.8, 4) is 0 Å². The summed E-state index contributed by atoms with van der Waals surface area (Å²) in [6.07, 6.45) is 2.00. The van der Waals surface area contributed by atoms with Gasteiger partial charge < -0.3 is 9.64 Å². The highest BCUT2D eigenvalue weighted by Gasteiger charge is 2.09. The summed E-state index contributed by atoms with van der Waals surface area (Å²) in [5, 5.41) is 0. The lowest BCUT2D eigenvalue weighted by Crippen LogP contribution is -2.12. The van der Waals surface area contributed by atoms with E-state index in [1.807, 2.05) is 13.1 Å². The Balaban J connectivity index is 2.88. The van der Waals surface area contributed by atoms with Crippen molar-refractivity contribution in [2.75, 3.05) is 21.2 Å². The topological polar surface area (TPSA) is 25.4 Å². The summed E-state index contributed by atoms with van der Waals surface area (Å²) in [5.74, 6) is 0. The van der Waals surface area contributed by atoms with Crippen LogP contribution in [0.1, 0.15) is 29.8 Å². The Morgan fingerprint density at radius 2 is 2.13 bits per heavy atom. The highest BCUT2D eigenvalue weighted by Crippen LogP contribution is 2.18. The number of ether oxygens (including phenoxy) is 1. The normalized spacial score (nSPS) is 13.2. The van der Waals surface area contributed by atoms with E-state index in [1.54, 1.807) is 7.11 Å². The van der Waals surface area contributed by atoms with Gasteiger partial charge in [-0.15, -0.1) is 0 Å². The largest absolute Gasteiger partial charge is 0.375 e. The van der Waals surface area contributed by atoms with Gasteiger partial charge in [0.05, 0.1) is 11.8 Å².